The Labute approximate surface area is 103 Å². The third-order valence-electron chi connectivity index (χ3n) is 2.24. The highest BCUT2D eigenvalue weighted by molar-refractivity contribution is 6.19. The normalized spacial score (nSPS) is 11.1. The summed E-state index contributed by atoms with van der Waals surface area (Å²) in [6.45, 7) is 1.55. The molecular weight excluding hydrogens is 238 g/mol. The molecule has 0 radical (unpaired) electrons. The zero-order valence-corrected chi connectivity index (χ0v) is 9.62. The van der Waals surface area contributed by atoms with E-state index in [4.69, 9.17) is 5.11 Å². The van der Waals surface area contributed by atoms with Gasteiger partial charge >= 0.3 is 5.97 Å². The van der Waals surface area contributed by atoms with Gasteiger partial charge in [-0.1, -0.05) is 19.1 Å². The van der Waals surface area contributed by atoms with Gasteiger partial charge in [0.25, 0.3) is 5.69 Å². The number of nitro benzene ring substituents is 1. The van der Waals surface area contributed by atoms with Crippen molar-refractivity contribution in [3.8, 4) is 0 Å². The van der Waals surface area contributed by atoms with E-state index < -0.39 is 16.7 Å². The summed E-state index contributed by atoms with van der Waals surface area (Å²) in [4.78, 5) is 32.3. The van der Waals surface area contributed by atoms with Crippen LogP contribution < -0.4 is 0 Å². The first-order valence-corrected chi connectivity index (χ1v) is 5.18. The minimum Gasteiger partial charge on any atom is -0.478 e. The lowest BCUT2D eigenvalue weighted by atomic mass is 10.1. The van der Waals surface area contributed by atoms with Crippen LogP contribution in [0.2, 0.25) is 0 Å². The molecule has 0 atom stereocenters. The minimum atomic E-state index is -1.34. The molecule has 6 nitrogen and oxygen atoms in total. The van der Waals surface area contributed by atoms with Crippen LogP contribution in [0.4, 0.5) is 5.69 Å². The topological polar surface area (TPSA) is 97.5 Å². The van der Waals surface area contributed by atoms with Gasteiger partial charge in [0.2, 0.25) is 0 Å². The number of nitrogens with zero attached hydrogens (tertiary/aromatic N) is 1. The number of carboxylic acid groups (broad SMARTS) is 1. The molecule has 0 aliphatic carbocycles. The van der Waals surface area contributed by atoms with Crippen molar-refractivity contribution in [2.24, 2.45) is 0 Å². The lowest BCUT2D eigenvalue weighted by Crippen LogP contribution is -2.10. The molecule has 0 heterocycles. The molecule has 0 unspecified atom stereocenters. The number of hydrogen-bond donors (Lipinski definition) is 1. The third kappa shape index (κ3) is 3.24. The van der Waals surface area contributed by atoms with Crippen molar-refractivity contribution in [1.82, 2.24) is 0 Å². The zero-order chi connectivity index (χ0) is 13.7. The van der Waals surface area contributed by atoms with E-state index in [1.54, 1.807) is 6.92 Å². The quantitative estimate of drug-likeness (QED) is 0.283. The molecule has 0 saturated heterocycles. The number of carbonyl (C=O) groups is 2. The van der Waals surface area contributed by atoms with Gasteiger partial charge in [0, 0.05) is 18.6 Å². The standard InChI is InChI=1S/C12H11NO5/c1-2-11(14)10(12(15)16)7-8-4-3-5-9(6-8)13(17)18/h3-7H,2H2,1H3,(H,15,16). The van der Waals surface area contributed by atoms with Crippen molar-refractivity contribution < 1.29 is 19.6 Å². The maximum absolute atomic E-state index is 11.4. The minimum absolute atomic E-state index is 0.0626. The van der Waals surface area contributed by atoms with Crippen molar-refractivity contribution >= 4 is 23.5 Å². The second-order valence-electron chi connectivity index (χ2n) is 3.49. The monoisotopic (exact) mass is 249 g/mol. The maximum Gasteiger partial charge on any atom is 0.339 e. The lowest BCUT2D eigenvalue weighted by Gasteiger charge is -2.00. The summed E-state index contributed by atoms with van der Waals surface area (Å²) in [5.74, 6) is -1.86. The van der Waals surface area contributed by atoms with E-state index in [0.29, 0.717) is 5.56 Å². The van der Waals surface area contributed by atoms with Gasteiger partial charge in [-0.2, -0.15) is 0 Å². The average Bonchev–Trinajstić information content (AvgIpc) is 2.35. The molecule has 1 aromatic carbocycles. The van der Waals surface area contributed by atoms with Gasteiger partial charge in [-0.15, -0.1) is 0 Å². The van der Waals surface area contributed by atoms with E-state index in [1.165, 1.54) is 24.3 Å². The Hall–Kier alpha value is -2.50. The van der Waals surface area contributed by atoms with Crippen LogP contribution in [0.15, 0.2) is 29.8 Å². The fourth-order valence-corrected chi connectivity index (χ4v) is 1.35. The number of ketones is 1. The Morgan fingerprint density at radius 1 is 1.44 bits per heavy atom. The molecule has 0 fully saturated rings. The molecule has 1 N–H and O–H groups in total. The van der Waals surface area contributed by atoms with Gasteiger partial charge < -0.3 is 5.11 Å². The third-order valence-corrected chi connectivity index (χ3v) is 2.24. The number of Topliss-reactive ketones (excluding diaryl/α,β-unsaturated/α-hetero) is 1. The molecule has 94 valence electrons. The number of carboxylic acids is 1. The van der Waals surface area contributed by atoms with Crippen LogP contribution in [0.25, 0.3) is 6.08 Å². The summed E-state index contributed by atoms with van der Waals surface area (Å²) in [5, 5.41) is 19.5. The van der Waals surface area contributed by atoms with Crippen LogP contribution in [-0.2, 0) is 9.59 Å². The maximum atomic E-state index is 11.4. The van der Waals surface area contributed by atoms with Crippen molar-refractivity contribution in [3.05, 3.63) is 45.5 Å². The van der Waals surface area contributed by atoms with E-state index in [-0.39, 0.29) is 17.7 Å². The number of non-ortho nitro benzene ring substituents is 1. The fourth-order valence-electron chi connectivity index (χ4n) is 1.35. The molecule has 0 aromatic heterocycles. The van der Waals surface area contributed by atoms with Gasteiger partial charge in [-0.25, -0.2) is 4.79 Å². The summed E-state index contributed by atoms with van der Waals surface area (Å²) in [7, 11) is 0. The number of aliphatic carboxylic acids is 1. The Bertz CT molecular complexity index is 533. The van der Waals surface area contributed by atoms with E-state index in [0.717, 1.165) is 6.08 Å². The molecule has 0 bridgehead atoms. The van der Waals surface area contributed by atoms with Crippen LogP contribution in [-0.4, -0.2) is 21.8 Å². The summed E-state index contributed by atoms with van der Waals surface area (Å²) in [5.41, 5.74) is -0.223. The lowest BCUT2D eigenvalue weighted by molar-refractivity contribution is -0.384. The van der Waals surface area contributed by atoms with Crippen molar-refractivity contribution in [2.45, 2.75) is 13.3 Å². The summed E-state index contributed by atoms with van der Waals surface area (Å²) >= 11 is 0. The Morgan fingerprint density at radius 2 is 2.11 bits per heavy atom. The number of carbonyl (C=O) groups excluding carboxylic acids is 1. The van der Waals surface area contributed by atoms with Crippen LogP contribution in [0, 0.1) is 10.1 Å². The summed E-state index contributed by atoms with van der Waals surface area (Å²) < 4.78 is 0. The van der Waals surface area contributed by atoms with E-state index in [2.05, 4.69) is 0 Å². The van der Waals surface area contributed by atoms with Crippen molar-refractivity contribution in [2.75, 3.05) is 0 Å². The average molecular weight is 249 g/mol. The molecular formula is C12H11NO5. The Morgan fingerprint density at radius 3 is 2.61 bits per heavy atom. The van der Waals surface area contributed by atoms with Crippen LogP contribution >= 0.6 is 0 Å². The van der Waals surface area contributed by atoms with Crippen molar-refractivity contribution in [3.63, 3.8) is 0 Å². The molecule has 1 aromatic rings. The first-order chi connectivity index (χ1) is 8.45. The van der Waals surface area contributed by atoms with Crippen LogP contribution in [0.1, 0.15) is 18.9 Å². The molecule has 6 heteroatoms. The largest absolute Gasteiger partial charge is 0.478 e. The highest BCUT2D eigenvalue weighted by atomic mass is 16.6. The smallest absolute Gasteiger partial charge is 0.339 e. The second-order valence-corrected chi connectivity index (χ2v) is 3.49. The number of rotatable bonds is 5. The fraction of sp³-hybridized carbons (Fsp3) is 0.167. The Balaban J connectivity index is 3.20. The van der Waals surface area contributed by atoms with Crippen LogP contribution in [0.3, 0.4) is 0 Å². The van der Waals surface area contributed by atoms with E-state index in [1.807, 2.05) is 0 Å². The van der Waals surface area contributed by atoms with Gasteiger partial charge in [0.15, 0.2) is 5.78 Å². The SMILES string of the molecule is CCC(=O)C(=Cc1cccc([N+](=O)[O-])c1)C(=O)O. The highest BCUT2D eigenvalue weighted by Gasteiger charge is 2.15. The summed E-state index contributed by atoms with van der Waals surface area (Å²) in [6.07, 6.45) is 1.20. The molecule has 1 rings (SSSR count). The predicted molar refractivity (Wildman–Crippen MR) is 64.0 cm³/mol. The Kier molecular flexibility index (Phi) is 4.31. The second kappa shape index (κ2) is 5.72. The van der Waals surface area contributed by atoms with Gasteiger partial charge in [0.05, 0.1) is 4.92 Å². The number of benzene rings is 1. The predicted octanol–water partition coefficient (Wildman–Crippen LogP) is 2.04. The van der Waals surface area contributed by atoms with Crippen molar-refractivity contribution in [1.29, 1.82) is 0 Å². The molecule has 18 heavy (non-hydrogen) atoms. The number of nitro groups is 1. The molecule has 0 aliphatic rings. The van der Waals surface area contributed by atoms with Gasteiger partial charge in [0.1, 0.15) is 5.57 Å². The van der Waals surface area contributed by atoms with E-state index >= 15 is 0 Å². The molecule has 0 amide bonds. The first-order valence-electron chi connectivity index (χ1n) is 5.18. The molecule has 0 saturated carbocycles. The number of hydrogen-bond acceptors (Lipinski definition) is 4. The highest BCUT2D eigenvalue weighted by Crippen LogP contribution is 2.16. The molecule has 0 spiro atoms. The van der Waals surface area contributed by atoms with Gasteiger partial charge in [-0.05, 0) is 11.6 Å². The zero-order valence-electron chi connectivity index (χ0n) is 9.62. The summed E-state index contributed by atoms with van der Waals surface area (Å²) in [6, 6.07) is 5.43. The van der Waals surface area contributed by atoms with Crippen LogP contribution in [0.5, 0.6) is 0 Å². The molecule has 0 aliphatic heterocycles. The first kappa shape index (κ1) is 13.6. The van der Waals surface area contributed by atoms with E-state index in [9.17, 15) is 19.7 Å². The van der Waals surface area contributed by atoms with Gasteiger partial charge in [-0.3, -0.25) is 14.9 Å².